The normalized spacial score (nSPS) is 17.8. The van der Waals surface area contributed by atoms with E-state index in [2.05, 4.69) is 17.1 Å². The van der Waals surface area contributed by atoms with Gasteiger partial charge in [-0.1, -0.05) is 30.7 Å². The van der Waals surface area contributed by atoms with Crippen LogP contribution in [0.5, 0.6) is 0 Å². The fourth-order valence-corrected chi connectivity index (χ4v) is 2.81. The first kappa shape index (κ1) is 14.8. The van der Waals surface area contributed by atoms with Gasteiger partial charge in [0, 0.05) is 12.6 Å². The monoisotopic (exact) mass is 284 g/mol. The Morgan fingerprint density at radius 1 is 1.37 bits per heavy atom. The van der Waals surface area contributed by atoms with Crippen LogP contribution in [0.2, 0.25) is 5.02 Å². The van der Waals surface area contributed by atoms with E-state index in [-0.39, 0.29) is 10.8 Å². The number of halogens is 2. The first-order chi connectivity index (χ1) is 9.20. The van der Waals surface area contributed by atoms with Gasteiger partial charge in [0.1, 0.15) is 5.82 Å². The zero-order chi connectivity index (χ0) is 13.7. The lowest BCUT2D eigenvalue weighted by Crippen LogP contribution is -2.42. The summed E-state index contributed by atoms with van der Waals surface area (Å²) in [7, 11) is 0. The standard InChI is InChI=1S/C15H22ClFN2/c1-2-8-19-9-6-13(7-10-19)18-11-12-4-3-5-14(17)15(12)16/h3-5,13,18H,2,6-11H2,1H3. The number of nitrogens with zero attached hydrogens (tertiary/aromatic N) is 1. The molecule has 1 aromatic carbocycles. The highest BCUT2D eigenvalue weighted by Gasteiger charge is 2.18. The van der Waals surface area contributed by atoms with Crippen molar-refractivity contribution in [2.45, 2.75) is 38.8 Å². The first-order valence-corrected chi connectivity index (χ1v) is 7.47. The molecule has 2 nitrogen and oxygen atoms in total. The molecule has 1 saturated heterocycles. The third-order valence-electron chi connectivity index (χ3n) is 3.74. The van der Waals surface area contributed by atoms with Gasteiger partial charge < -0.3 is 10.2 Å². The van der Waals surface area contributed by atoms with Crippen LogP contribution in [0.3, 0.4) is 0 Å². The molecule has 1 aromatic rings. The zero-order valence-corrected chi connectivity index (χ0v) is 12.2. The number of benzene rings is 1. The van der Waals surface area contributed by atoms with Gasteiger partial charge in [-0.3, -0.25) is 0 Å². The summed E-state index contributed by atoms with van der Waals surface area (Å²) in [5.41, 5.74) is 0.845. The fourth-order valence-electron chi connectivity index (χ4n) is 2.62. The molecule has 0 bridgehead atoms. The molecule has 106 valence electrons. The van der Waals surface area contributed by atoms with Crippen LogP contribution in [0, 0.1) is 5.82 Å². The summed E-state index contributed by atoms with van der Waals surface area (Å²) < 4.78 is 13.3. The number of rotatable bonds is 5. The van der Waals surface area contributed by atoms with E-state index in [4.69, 9.17) is 11.6 Å². The molecule has 0 amide bonds. The summed E-state index contributed by atoms with van der Waals surface area (Å²) in [6.45, 7) is 6.37. The second kappa shape index (κ2) is 7.22. The molecule has 1 aliphatic rings. The second-order valence-corrected chi connectivity index (χ2v) is 5.59. The van der Waals surface area contributed by atoms with Crippen LogP contribution in [-0.2, 0) is 6.54 Å². The summed E-state index contributed by atoms with van der Waals surface area (Å²) in [5, 5.41) is 3.74. The first-order valence-electron chi connectivity index (χ1n) is 7.09. The average molecular weight is 285 g/mol. The van der Waals surface area contributed by atoms with Crippen molar-refractivity contribution < 1.29 is 4.39 Å². The lowest BCUT2D eigenvalue weighted by molar-refractivity contribution is 0.197. The highest BCUT2D eigenvalue weighted by molar-refractivity contribution is 6.31. The number of piperidine rings is 1. The molecule has 2 rings (SSSR count). The zero-order valence-electron chi connectivity index (χ0n) is 11.5. The summed E-state index contributed by atoms with van der Waals surface area (Å²) in [5.74, 6) is -0.335. The van der Waals surface area contributed by atoms with E-state index >= 15 is 0 Å². The smallest absolute Gasteiger partial charge is 0.142 e. The van der Waals surface area contributed by atoms with Crippen LogP contribution < -0.4 is 5.32 Å². The predicted octanol–water partition coefficient (Wildman–Crippen LogP) is 3.44. The molecule has 0 unspecified atom stereocenters. The van der Waals surface area contributed by atoms with Crippen molar-refractivity contribution in [3.63, 3.8) is 0 Å². The Morgan fingerprint density at radius 3 is 2.79 bits per heavy atom. The molecular formula is C15H22ClFN2. The molecule has 0 saturated carbocycles. The number of nitrogens with one attached hydrogen (secondary N) is 1. The molecule has 4 heteroatoms. The maximum absolute atomic E-state index is 13.3. The van der Waals surface area contributed by atoms with Gasteiger partial charge >= 0.3 is 0 Å². The lowest BCUT2D eigenvalue weighted by Gasteiger charge is -2.32. The Balaban J connectivity index is 1.79. The molecule has 1 N–H and O–H groups in total. The average Bonchev–Trinajstić information content (AvgIpc) is 2.42. The van der Waals surface area contributed by atoms with Crippen molar-refractivity contribution in [2.24, 2.45) is 0 Å². The van der Waals surface area contributed by atoms with Gasteiger partial charge in [0.25, 0.3) is 0 Å². The molecule has 0 aliphatic carbocycles. The van der Waals surface area contributed by atoms with Gasteiger partial charge in [0.05, 0.1) is 5.02 Å². The summed E-state index contributed by atoms with van der Waals surface area (Å²) in [6, 6.07) is 5.51. The van der Waals surface area contributed by atoms with Crippen molar-refractivity contribution in [3.05, 3.63) is 34.6 Å². The molecule has 19 heavy (non-hydrogen) atoms. The van der Waals surface area contributed by atoms with Gasteiger partial charge in [-0.2, -0.15) is 0 Å². The third kappa shape index (κ3) is 4.16. The molecule has 0 atom stereocenters. The largest absolute Gasteiger partial charge is 0.310 e. The van der Waals surface area contributed by atoms with Crippen LogP contribution in [0.1, 0.15) is 31.7 Å². The minimum atomic E-state index is -0.335. The van der Waals surface area contributed by atoms with E-state index in [0.29, 0.717) is 12.6 Å². The van der Waals surface area contributed by atoms with Crippen LogP contribution in [0.25, 0.3) is 0 Å². The van der Waals surface area contributed by atoms with Crippen LogP contribution in [0.4, 0.5) is 4.39 Å². The fraction of sp³-hybridized carbons (Fsp3) is 0.600. The Kier molecular flexibility index (Phi) is 5.61. The van der Waals surface area contributed by atoms with Crippen molar-refractivity contribution in [1.82, 2.24) is 10.2 Å². The Labute approximate surface area is 119 Å². The van der Waals surface area contributed by atoms with Gasteiger partial charge in [-0.05, 0) is 50.5 Å². The maximum Gasteiger partial charge on any atom is 0.142 e. The van der Waals surface area contributed by atoms with Crippen LogP contribution >= 0.6 is 11.6 Å². The van der Waals surface area contributed by atoms with Crippen molar-refractivity contribution >= 4 is 11.6 Å². The van der Waals surface area contributed by atoms with E-state index in [0.717, 1.165) is 31.5 Å². The minimum Gasteiger partial charge on any atom is -0.310 e. The van der Waals surface area contributed by atoms with E-state index in [1.807, 2.05) is 6.07 Å². The van der Waals surface area contributed by atoms with E-state index < -0.39 is 0 Å². The SMILES string of the molecule is CCCN1CCC(NCc2cccc(F)c2Cl)CC1. The van der Waals surface area contributed by atoms with Gasteiger partial charge in [-0.15, -0.1) is 0 Å². The molecule has 1 heterocycles. The van der Waals surface area contributed by atoms with Gasteiger partial charge in [0.2, 0.25) is 0 Å². The third-order valence-corrected chi connectivity index (χ3v) is 4.16. The molecule has 0 aromatic heterocycles. The topological polar surface area (TPSA) is 15.3 Å². The summed E-state index contributed by atoms with van der Waals surface area (Å²) >= 11 is 5.95. The van der Waals surface area contributed by atoms with E-state index in [1.54, 1.807) is 6.07 Å². The number of hydrogen-bond acceptors (Lipinski definition) is 2. The quantitative estimate of drug-likeness (QED) is 0.891. The summed E-state index contributed by atoms with van der Waals surface area (Å²) in [6.07, 6.45) is 3.54. The van der Waals surface area contributed by atoms with Gasteiger partial charge in [-0.25, -0.2) is 4.39 Å². The van der Waals surface area contributed by atoms with Crippen molar-refractivity contribution in [1.29, 1.82) is 0 Å². The van der Waals surface area contributed by atoms with Crippen molar-refractivity contribution in [3.8, 4) is 0 Å². The Bertz CT molecular complexity index is 403. The molecule has 0 radical (unpaired) electrons. The Hall–Kier alpha value is -0.640. The van der Waals surface area contributed by atoms with E-state index in [1.165, 1.54) is 19.0 Å². The Morgan fingerprint density at radius 2 is 2.11 bits per heavy atom. The second-order valence-electron chi connectivity index (χ2n) is 5.21. The molecule has 1 fully saturated rings. The van der Waals surface area contributed by atoms with Crippen LogP contribution in [-0.4, -0.2) is 30.6 Å². The summed E-state index contributed by atoms with van der Waals surface area (Å²) in [4.78, 5) is 2.51. The maximum atomic E-state index is 13.3. The van der Waals surface area contributed by atoms with Crippen molar-refractivity contribution in [2.75, 3.05) is 19.6 Å². The molecule has 0 spiro atoms. The molecular weight excluding hydrogens is 263 g/mol. The van der Waals surface area contributed by atoms with Crippen LogP contribution in [0.15, 0.2) is 18.2 Å². The number of hydrogen-bond donors (Lipinski definition) is 1. The number of likely N-dealkylation sites (tertiary alicyclic amines) is 1. The molecule has 1 aliphatic heterocycles. The lowest BCUT2D eigenvalue weighted by atomic mass is 10.0. The van der Waals surface area contributed by atoms with Gasteiger partial charge in [0.15, 0.2) is 0 Å². The highest BCUT2D eigenvalue weighted by atomic mass is 35.5. The minimum absolute atomic E-state index is 0.249. The highest BCUT2D eigenvalue weighted by Crippen LogP contribution is 2.20. The van der Waals surface area contributed by atoms with E-state index in [9.17, 15) is 4.39 Å². The predicted molar refractivity (Wildman–Crippen MR) is 78.0 cm³/mol.